The molecule has 1 aromatic carbocycles. The van der Waals surface area contributed by atoms with Crippen LogP contribution in [0.5, 0.6) is 0 Å². The topological polar surface area (TPSA) is 49.4 Å². The lowest BCUT2D eigenvalue weighted by atomic mass is 10.2. The van der Waals surface area contributed by atoms with Crippen molar-refractivity contribution in [3.8, 4) is 0 Å². The Morgan fingerprint density at radius 2 is 2.11 bits per heavy atom. The molecule has 1 N–H and O–H groups in total. The Labute approximate surface area is 106 Å². The molecule has 0 spiro atoms. The first kappa shape index (κ1) is 12.4. The van der Waals surface area contributed by atoms with E-state index in [0.29, 0.717) is 13.0 Å². The van der Waals surface area contributed by atoms with E-state index in [9.17, 15) is 9.59 Å². The molecule has 4 heteroatoms. The van der Waals surface area contributed by atoms with Crippen LogP contribution in [0, 0.1) is 0 Å². The first-order valence-corrected chi connectivity index (χ1v) is 5.99. The van der Waals surface area contributed by atoms with Crippen LogP contribution < -0.4 is 5.32 Å². The Bertz CT molecular complexity index is 465. The van der Waals surface area contributed by atoms with Gasteiger partial charge in [-0.3, -0.25) is 9.59 Å². The van der Waals surface area contributed by atoms with E-state index in [1.54, 1.807) is 0 Å². The maximum atomic E-state index is 11.5. The van der Waals surface area contributed by atoms with Crippen LogP contribution in [0.4, 0.5) is 5.69 Å². The first-order valence-electron chi connectivity index (χ1n) is 5.99. The quantitative estimate of drug-likeness (QED) is 0.823. The van der Waals surface area contributed by atoms with Gasteiger partial charge in [0, 0.05) is 25.2 Å². The van der Waals surface area contributed by atoms with Crippen LogP contribution in [0.3, 0.4) is 0 Å². The summed E-state index contributed by atoms with van der Waals surface area (Å²) in [6.07, 6.45) is 2.84. The van der Waals surface area contributed by atoms with E-state index in [2.05, 4.69) is 11.9 Å². The fourth-order valence-electron chi connectivity index (χ4n) is 1.98. The number of carbonyl (C=O) groups is 2. The lowest BCUT2D eigenvalue weighted by molar-refractivity contribution is -0.128. The van der Waals surface area contributed by atoms with Crippen molar-refractivity contribution in [3.05, 3.63) is 42.5 Å². The van der Waals surface area contributed by atoms with Crippen molar-refractivity contribution < 1.29 is 9.59 Å². The molecule has 0 atom stereocenters. The molecular weight excluding hydrogens is 228 g/mol. The second kappa shape index (κ2) is 5.49. The Morgan fingerprint density at radius 1 is 1.39 bits per heavy atom. The summed E-state index contributed by atoms with van der Waals surface area (Å²) in [6, 6.07) is 7.50. The number of anilines is 1. The zero-order valence-electron chi connectivity index (χ0n) is 10.2. The normalized spacial score (nSPS) is 14.7. The molecule has 0 bridgehead atoms. The smallest absolute Gasteiger partial charge is 0.247 e. The number of carbonyl (C=O) groups excluding carboxylic acids is 2. The van der Waals surface area contributed by atoms with Gasteiger partial charge in [0.15, 0.2) is 0 Å². The predicted octanol–water partition coefficient (Wildman–Crippen LogP) is 1.93. The van der Waals surface area contributed by atoms with Crippen molar-refractivity contribution in [2.24, 2.45) is 0 Å². The predicted molar refractivity (Wildman–Crippen MR) is 69.9 cm³/mol. The van der Waals surface area contributed by atoms with Crippen LogP contribution in [0.25, 0.3) is 0 Å². The number of rotatable bonds is 4. The highest BCUT2D eigenvalue weighted by Gasteiger charge is 2.19. The molecule has 2 rings (SSSR count). The van der Waals surface area contributed by atoms with Gasteiger partial charge in [0.25, 0.3) is 0 Å². The molecule has 2 amide bonds. The highest BCUT2D eigenvalue weighted by molar-refractivity contribution is 5.98. The molecule has 1 aliphatic heterocycles. The average molecular weight is 244 g/mol. The fourth-order valence-corrected chi connectivity index (χ4v) is 1.98. The van der Waals surface area contributed by atoms with Gasteiger partial charge in [0.05, 0.1) is 0 Å². The van der Waals surface area contributed by atoms with Crippen LogP contribution in [0.15, 0.2) is 36.9 Å². The van der Waals surface area contributed by atoms with Gasteiger partial charge in [-0.2, -0.15) is 0 Å². The van der Waals surface area contributed by atoms with Gasteiger partial charge in [0.2, 0.25) is 11.8 Å². The molecule has 0 aromatic heterocycles. The van der Waals surface area contributed by atoms with Crippen LogP contribution >= 0.6 is 0 Å². The Balaban J connectivity index is 1.97. The molecule has 1 heterocycles. The number of hydrogen-bond donors (Lipinski definition) is 1. The van der Waals surface area contributed by atoms with Gasteiger partial charge in [-0.25, -0.2) is 0 Å². The van der Waals surface area contributed by atoms with Gasteiger partial charge < -0.3 is 10.2 Å². The third-order valence-electron chi connectivity index (χ3n) is 2.95. The molecule has 4 nitrogen and oxygen atoms in total. The van der Waals surface area contributed by atoms with Gasteiger partial charge >= 0.3 is 0 Å². The first-order chi connectivity index (χ1) is 8.69. The highest BCUT2D eigenvalue weighted by Crippen LogP contribution is 2.16. The second-order valence-electron chi connectivity index (χ2n) is 4.31. The van der Waals surface area contributed by atoms with Crippen molar-refractivity contribution in [2.75, 3.05) is 11.9 Å². The van der Waals surface area contributed by atoms with Crippen molar-refractivity contribution in [3.63, 3.8) is 0 Å². The number of nitrogens with one attached hydrogen (secondary N) is 1. The summed E-state index contributed by atoms with van der Waals surface area (Å²) in [6.45, 7) is 4.88. The lowest BCUT2D eigenvalue weighted by Crippen LogP contribution is -2.23. The van der Waals surface area contributed by atoms with Crippen molar-refractivity contribution in [1.29, 1.82) is 0 Å². The van der Waals surface area contributed by atoms with E-state index < -0.39 is 0 Å². The maximum absolute atomic E-state index is 11.5. The fraction of sp³-hybridized carbons (Fsp3) is 0.286. The Morgan fingerprint density at radius 3 is 2.67 bits per heavy atom. The lowest BCUT2D eigenvalue weighted by Gasteiger charge is -2.15. The van der Waals surface area contributed by atoms with E-state index in [4.69, 9.17) is 0 Å². The van der Waals surface area contributed by atoms with Gasteiger partial charge in [-0.1, -0.05) is 18.7 Å². The molecule has 0 aliphatic carbocycles. The molecule has 0 radical (unpaired) electrons. The summed E-state index contributed by atoms with van der Waals surface area (Å²) < 4.78 is 0. The minimum absolute atomic E-state index is 0.221. The van der Waals surface area contributed by atoms with Gasteiger partial charge in [-0.15, -0.1) is 0 Å². The molecule has 1 fully saturated rings. The third kappa shape index (κ3) is 2.97. The maximum Gasteiger partial charge on any atom is 0.247 e. The minimum atomic E-state index is -0.225. The molecule has 18 heavy (non-hydrogen) atoms. The van der Waals surface area contributed by atoms with Crippen molar-refractivity contribution >= 4 is 17.5 Å². The van der Waals surface area contributed by atoms with Crippen molar-refractivity contribution in [1.82, 2.24) is 4.90 Å². The SMILES string of the molecule is C=CC(=O)Nc1ccc(CN2CCCC2=O)cc1. The van der Waals surface area contributed by atoms with E-state index in [0.717, 1.165) is 24.2 Å². The van der Waals surface area contributed by atoms with E-state index >= 15 is 0 Å². The molecule has 0 unspecified atom stereocenters. The Kier molecular flexibility index (Phi) is 3.77. The van der Waals surface area contributed by atoms with Crippen LogP contribution in [-0.2, 0) is 16.1 Å². The van der Waals surface area contributed by atoms with E-state index in [1.807, 2.05) is 29.2 Å². The monoisotopic (exact) mass is 244 g/mol. The molecule has 0 saturated carbocycles. The number of hydrogen-bond acceptors (Lipinski definition) is 2. The summed E-state index contributed by atoms with van der Waals surface area (Å²) in [5.74, 6) is -0.00323. The summed E-state index contributed by atoms with van der Waals surface area (Å²) >= 11 is 0. The summed E-state index contributed by atoms with van der Waals surface area (Å²) in [5, 5.41) is 2.68. The number of likely N-dealkylation sites (tertiary alicyclic amines) is 1. The summed E-state index contributed by atoms with van der Waals surface area (Å²) in [5.41, 5.74) is 1.80. The molecule has 94 valence electrons. The van der Waals surface area contributed by atoms with Crippen molar-refractivity contribution in [2.45, 2.75) is 19.4 Å². The summed E-state index contributed by atoms with van der Waals surface area (Å²) in [7, 11) is 0. The highest BCUT2D eigenvalue weighted by atomic mass is 16.2. The zero-order chi connectivity index (χ0) is 13.0. The van der Waals surface area contributed by atoms with Gasteiger partial charge in [-0.05, 0) is 30.2 Å². The molecule has 1 saturated heterocycles. The van der Waals surface area contributed by atoms with E-state index in [-0.39, 0.29) is 11.8 Å². The molecule has 1 aliphatic rings. The number of nitrogens with zero attached hydrogens (tertiary/aromatic N) is 1. The minimum Gasteiger partial charge on any atom is -0.338 e. The Hall–Kier alpha value is -2.10. The number of amides is 2. The molecule has 1 aromatic rings. The van der Waals surface area contributed by atoms with E-state index in [1.165, 1.54) is 6.08 Å². The average Bonchev–Trinajstić information content (AvgIpc) is 2.77. The largest absolute Gasteiger partial charge is 0.338 e. The van der Waals surface area contributed by atoms with Crippen LogP contribution in [-0.4, -0.2) is 23.3 Å². The number of benzene rings is 1. The summed E-state index contributed by atoms with van der Waals surface area (Å²) in [4.78, 5) is 24.5. The standard InChI is InChI=1S/C14H16N2O2/c1-2-13(17)15-12-7-5-11(6-8-12)10-16-9-3-4-14(16)18/h2,5-8H,1,3-4,9-10H2,(H,15,17). The third-order valence-corrected chi connectivity index (χ3v) is 2.95. The van der Waals surface area contributed by atoms with Crippen LogP contribution in [0.2, 0.25) is 0 Å². The molecular formula is C14H16N2O2. The van der Waals surface area contributed by atoms with Gasteiger partial charge in [0.1, 0.15) is 0 Å². The second-order valence-corrected chi connectivity index (χ2v) is 4.31. The van der Waals surface area contributed by atoms with Crippen LogP contribution in [0.1, 0.15) is 18.4 Å². The zero-order valence-corrected chi connectivity index (χ0v) is 10.2.